The normalized spacial score (nSPS) is 17.2. The van der Waals surface area contributed by atoms with Gasteiger partial charge in [-0.1, -0.05) is 18.2 Å². The Morgan fingerprint density at radius 2 is 2.24 bits per heavy atom. The fraction of sp³-hybridized carbons (Fsp3) is 0.312. The van der Waals surface area contributed by atoms with Gasteiger partial charge in [0, 0.05) is 24.9 Å². The van der Waals surface area contributed by atoms with Crippen LogP contribution in [0.25, 0.3) is 0 Å². The van der Waals surface area contributed by atoms with Gasteiger partial charge in [0.15, 0.2) is 0 Å². The smallest absolute Gasteiger partial charge is 0.269 e. The van der Waals surface area contributed by atoms with Crippen LogP contribution in [0.15, 0.2) is 42.6 Å². The van der Waals surface area contributed by atoms with Gasteiger partial charge in [0.2, 0.25) is 0 Å². The Balaban J connectivity index is 1.71. The van der Waals surface area contributed by atoms with Gasteiger partial charge in [-0.2, -0.15) is 0 Å². The van der Waals surface area contributed by atoms with Crippen LogP contribution in [0.3, 0.4) is 0 Å². The number of nitrogens with one attached hydrogen (secondary N) is 1. The molecule has 0 saturated heterocycles. The first-order valence-electron chi connectivity index (χ1n) is 7.14. The van der Waals surface area contributed by atoms with Crippen molar-refractivity contribution < 1.29 is 4.92 Å². The predicted molar refractivity (Wildman–Crippen MR) is 79.9 cm³/mol. The second-order valence-corrected chi connectivity index (χ2v) is 5.30. The van der Waals surface area contributed by atoms with Crippen molar-refractivity contribution in [3.05, 3.63) is 69.5 Å². The van der Waals surface area contributed by atoms with Crippen LogP contribution >= 0.6 is 0 Å². The van der Waals surface area contributed by atoms with Crippen molar-refractivity contribution >= 4 is 5.69 Å². The van der Waals surface area contributed by atoms with E-state index in [-0.39, 0.29) is 16.7 Å². The van der Waals surface area contributed by atoms with Crippen molar-refractivity contribution in [1.82, 2.24) is 10.3 Å². The van der Waals surface area contributed by atoms with E-state index in [9.17, 15) is 10.1 Å². The van der Waals surface area contributed by atoms with Gasteiger partial charge in [-0.05, 0) is 36.5 Å². The average Bonchev–Trinajstić information content (AvgIpc) is 2.53. The quantitative estimate of drug-likeness (QED) is 0.691. The summed E-state index contributed by atoms with van der Waals surface area (Å²) < 4.78 is 0. The summed E-state index contributed by atoms with van der Waals surface area (Å²) in [5.74, 6) is 0. The van der Waals surface area contributed by atoms with E-state index in [0.717, 1.165) is 30.5 Å². The summed E-state index contributed by atoms with van der Waals surface area (Å²) in [5.41, 5.74) is 3.48. The summed E-state index contributed by atoms with van der Waals surface area (Å²) in [6, 6.07) is 11.1. The van der Waals surface area contributed by atoms with Gasteiger partial charge in [-0.25, -0.2) is 0 Å². The molecule has 1 unspecified atom stereocenters. The lowest BCUT2D eigenvalue weighted by Gasteiger charge is -2.25. The van der Waals surface area contributed by atoms with Gasteiger partial charge >= 0.3 is 0 Å². The molecule has 5 nitrogen and oxygen atoms in total. The summed E-state index contributed by atoms with van der Waals surface area (Å²) in [6.45, 7) is 0.613. The molecule has 0 saturated carbocycles. The molecular weight excluding hydrogens is 266 g/mol. The van der Waals surface area contributed by atoms with Crippen LogP contribution in [0.2, 0.25) is 0 Å². The highest BCUT2D eigenvalue weighted by Crippen LogP contribution is 2.28. The zero-order valence-electron chi connectivity index (χ0n) is 11.7. The number of hydrogen-bond donors (Lipinski definition) is 1. The van der Waals surface area contributed by atoms with Crippen molar-refractivity contribution in [2.24, 2.45) is 0 Å². The molecule has 0 bridgehead atoms. The van der Waals surface area contributed by atoms with Gasteiger partial charge in [0.05, 0.1) is 16.7 Å². The number of aromatic nitrogens is 1. The lowest BCUT2D eigenvalue weighted by molar-refractivity contribution is -0.384. The Labute approximate surface area is 123 Å². The predicted octanol–water partition coefficient (Wildman–Crippen LogP) is 3.16. The maximum atomic E-state index is 10.8. The Morgan fingerprint density at radius 3 is 3.10 bits per heavy atom. The third kappa shape index (κ3) is 3.08. The molecule has 0 amide bonds. The highest BCUT2D eigenvalue weighted by molar-refractivity contribution is 5.34. The van der Waals surface area contributed by atoms with E-state index in [1.165, 1.54) is 11.6 Å². The van der Waals surface area contributed by atoms with E-state index >= 15 is 0 Å². The third-order valence-corrected chi connectivity index (χ3v) is 3.87. The summed E-state index contributed by atoms with van der Waals surface area (Å²) in [6.07, 6.45) is 5.11. The summed E-state index contributed by atoms with van der Waals surface area (Å²) in [7, 11) is 0. The molecule has 21 heavy (non-hydrogen) atoms. The van der Waals surface area contributed by atoms with Gasteiger partial charge in [-0.15, -0.1) is 0 Å². The van der Waals surface area contributed by atoms with Crippen LogP contribution in [0.4, 0.5) is 5.69 Å². The van der Waals surface area contributed by atoms with E-state index in [1.54, 1.807) is 12.1 Å². The highest BCUT2D eigenvalue weighted by Gasteiger charge is 2.20. The lowest BCUT2D eigenvalue weighted by atomic mass is 9.92. The zero-order valence-corrected chi connectivity index (χ0v) is 11.7. The van der Waals surface area contributed by atoms with Crippen molar-refractivity contribution in [2.75, 3.05) is 0 Å². The number of rotatable bonds is 4. The van der Waals surface area contributed by atoms with E-state index in [4.69, 9.17) is 0 Å². The number of nitro groups is 1. The van der Waals surface area contributed by atoms with E-state index in [1.807, 2.05) is 18.3 Å². The van der Waals surface area contributed by atoms with Crippen molar-refractivity contribution in [1.29, 1.82) is 0 Å². The summed E-state index contributed by atoms with van der Waals surface area (Å²) in [5, 5.41) is 14.3. The largest absolute Gasteiger partial charge is 0.304 e. The molecule has 0 spiro atoms. The van der Waals surface area contributed by atoms with Crippen LogP contribution in [0, 0.1) is 10.1 Å². The number of hydrogen-bond acceptors (Lipinski definition) is 4. The molecular formula is C16H17N3O2. The topological polar surface area (TPSA) is 68.1 Å². The number of nitro benzene ring substituents is 1. The maximum absolute atomic E-state index is 10.8. The minimum absolute atomic E-state index is 0.136. The molecule has 1 atom stereocenters. The van der Waals surface area contributed by atoms with Gasteiger partial charge < -0.3 is 5.32 Å². The molecule has 5 heteroatoms. The number of pyridine rings is 1. The zero-order chi connectivity index (χ0) is 14.7. The molecule has 0 radical (unpaired) electrons. The number of benzene rings is 1. The van der Waals surface area contributed by atoms with E-state index < -0.39 is 0 Å². The molecule has 1 aliphatic rings. The van der Waals surface area contributed by atoms with Crippen LogP contribution in [0.5, 0.6) is 0 Å². The van der Waals surface area contributed by atoms with Gasteiger partial charge in [0.1, 0.15) is 0 Å². The minimum atomic E-state index is -0.360. The van der Waals surface area contributed by atoms with Crippen LogP contribution in [-0.2, 0) is 13.0 Å². The second kappa shape index (κ2) is 6.01. The first kappa shape index (κ1) is 13.7. The summed E-state index contributed by atoms with van der Waals surface area (Å²) >= 11 is 0. The van der Waals surface area contributed by atoms with Crippen molar-refractivity contribution in [2.45, 2.75) is 31.8 Å². The highest BCUT2D eigenvalue weighted by atomic mass is 16.6. The lowest BCUT2D eigenvalue weighted by Crippen LogP contribution is -2.25. The molecule has 0 aliphatic heterocycles. The van der Waals surface area contributed by atoms with Crippen LogP contribution < -0.4 is 5.32 Å². The SMILES string of the molecule is O=[N+]([O-])c1cccc(CNC2CCCc3cccnc32)c1. The molecule has 1 N–H and O–H groups in total. The number of aryl methyl sites for hydroxylation is 1. The fourth-order valence-electron chi connectivity index (χ4n) is 2.83. The summed E-state index contributed by atoms with van der Waals surface area (Å²) in [4.78, 5) is 14.9. The molecule has 1 aromatic heterocycles. The Hall–Kier alpha value is -2.27. The number of nitrogens with zero attached hydrogens (tertiary/aromatic N) is 2. The van der Waals surface area contributed by atoms with Crippen LogP contribution in [-0.4, -0.2) is 9.91 Å². The van der Waals surface area contributed by atoms with Gasteiger partial charge in [-0.3, -0.25) is 15.1 Å². The molecule has 0 fully saturated rings. The Bertz CT molecular complexity index is 657. The second-order valence-electron chi connectivity index (χ2n) is 5.30. The molecule has 108 valence electrons. The minimum Gasteiger partial charge on any atom is -0.304 e. The van der Waals surface area contributed by atoms with Crippen LogP contribution in [0.1, 0.15) is 35.7 Å². The standard InChI is InChI=1S/C16H17N3O2/c20-19(21)14-7-1-4-12(10-14)11-18-15-8-2-5-13-6-3-9-17-16(13)15/h1,3-4,6-7,9-10,15,18H,2,5,8,11H2. The third-order valence-electron chi connectivity index (χ3n) is 3.87. The Morgan fingerprint density at radius 1 is 1.33 bits per heavy atom. The van der Waals surface area contributed by atoms with Crippen molar-refractivity contribution in [3.8, 4) is 0 Å². The van der Waals surface area contributed by atoms with E-state index in [2.05, 4.69) is 16.4 Å². The monoisotopic (exact) mass is 283 g/mol. The average molecular weight is 283 g/mol. The van der Waals surface area contributed by atoms with Crippen molar-refractivity contribution in [3.63, 3.8) is 0 Å². The maximum Gasteiger partial charge on any atom is 0.269 e. The fourth-order valence-corrected chi connectivity index (χ4v) is 2.83. The van der Waals surface area contributed by atoms with Gasteiger partial charge in [0.25, 0.3) is 5.69 Å². The number of non-ortho nitro benzene ring substituents is 1. The van der Waals surface area contributed by atoms with E-state index in [0.29, 0.717) is 6.54 Å². The number of fused-ring (bicyclic) bond motifs is 1. The Kier molecular flexibility index (Phi) is 3.92. The first-order chi connectivity index (χ1) is 10.2. The molecule has 2 aromatic rings. The molecule has 1 aromatic carbocycles. The molecule has 3 rings (SSSR count). The molecule has 1 heterocycles. The first-order valence-corrected chi connectivity index (χ1v) is 7.14. The molecule has 1 aliphatic carbocycles.